The van der Waals surface area contributed by atoms with Gasteiger partial charge in [-0.25, -0.2) is 0 Å². The van der Waals surface area contributed by atoms with Crippen molar-refractivity contribution in [3.63, 3.8) is 0 Å². The summed E-state index contributed by atoms with van der Waals surface area (Å²) in [6.07, 6.45) is 3.33. The van der Waals surface area contributed by atoms with Crippen LogP contribution in [0.15, 0.2) is 18.2 Å². The summed E-state index contributed by atoms with van der Waals surface area (Å²) in [5.74, 6) is 1.25. The molecule has 134 valence electrons. The van der Waals surface area contributed by atoms with Crippen molar-refractivity contribution in [1.82, 2.24) is 4.90 Å². The van der Waals surface area contributed by atoms with Crippen LogP contribution >= 0.6 is 0 Å². The third-order valence-corrected chi connectivity index (χ3v) is 4.73. The van der Waals surface area contributed by atoms with Gasteiger partial charge in [0.25, 0.3) is 5.91 Å². The quantitative estimate of drug-likeness (QED) is 0.801. The van der Waals surface area contributed by atoms with E-state index < -0.39 is 0 Å². The predicted molar refractivity (Wildman–Crippen MR) is 102 cm³/mol. The van der Waals surface area contributed by atoms with Crippen molar-refractivity contribution in [2.24, 2.45) is 11.8 Å². The maximum absolute atomic E-state index is 13.2. The van der Waals surface area contributed by atoms with Crippen LogP contribution in [0.4, 0.5) is 11.4 Å². The molecule has 1 aromatic rings. The Balaban J connectivity index is 2.33. The van der Waals surface area contributed by atoms with Gasteiger partial charge in [-0.2, -0.15) is 0 Å². The minimum atomic E-state index is 0.132. The molecule has 0 unspecified atom stereocenters. The van der Waals surface area contributed by atoms with Crippen LogP contribution in [0, 0.1) is 11.8 Å². The molecule has 1 aliphatic rings. The molecule has 2 N–H and O–H groups in total. The molecule has 2 rings (SSSR count). The number of hydrogen-bond donors (Lipinski definition) is 1. The van der Waals surface area contributed by atoms with Gasteiger partial charge in [-0.15, -0.1) is 0 Å². The van der Waals surface area contributed by atoms with E-state index in [0.29, 0.717) is 17.5 Å². The fourth-order valence-electron chi connectivity index (χ4n) is 3.89. The lowest BCUT2D eigenvalue weighted by Crippen LogP contribution is -2.43. The molecule has 1 aromatic carbocycles. The van der Waals surface area contributed by atoms with Gasteiger partial charge < -0.3 is 15.5 Å². The van der Waals surface area contributed by atoms with E-state index in [0.717, 1.165) is 50.3 Å². The van der Waals surface area contributed by atoms with Crippen LogP contribution in [0.3, 0.4) is 0 Å². The topological polar surface area (TPSA) is 49.6 Å². The lowest BCUT2D eigenvalue weighted by atomic mass is 9.91. The molecule has 0 saturated carbocycles. The zero-order valence-corrected chi connectivity index (χ0v) is 15.7. The predicted octanol–water partition coefficient (Wildman–Crippen LogP) is 4.01. The molecule has 0 aliphatic carbocycles. The normalized spacial score (nSPS) is 20.9. The Bertz CT molecular complexity index is 542. The SMILES string of the molecule is CCCN(CCC)c1ccc(N)cc1C(=O)N1C[C@H](C)C[C@@H](C)C1. The van der Waals surface area contributed by atoms with E-state index in [9.17, 15) is 4.79 Å². The van der Waals surface area contributed by atoms with Gasteiger partial charge in [0.15, 0.2) is 0 Å². The lowest BCUT2D eigenvalue weighted by Gasteiger charge is -2.36. The summed E-state index contributed by atoms with van der Waals surface area (Å²) in [6, 6.07) is 5.79. The molecule has 0 spiro atoms. The Morgan fingerprint density at radius 1 is 1.17 bits per heavy atom. The maximum atomic E-state index is 13.2. The fraction of sp³-hybridized carbons (Fsp3) is 0.650. The summed E-state index contributed by atoms with van der Waals surface area (Å²) >= 11 is 0. The number of carbonyl (C=O) groups is 1. The van der Waals surface area contributed by atoms with Crippen LogP contribution in [0.25, 0.3) is 0 Å². The minimum absolute atomic E-state index is 0.132. The molecule has 0 bridgehead atoms. The average molecular weight is 332 g/mol. The first-order valence-electron chi connectivity index (χ1n) is 9.39. The van der Waals surface area contributed by atoms with E-state index >= 15 is 0 Å². The van der Waals surface area contributed by atoms with Gasteiger partial charge in [0, 0.05) is 37.6 Å². The van der Waals surface area contributed by atoms with Crippen LogP contribution in [-0.4, -0.2) is 37.0 Å². The number of carbonyl (C=O) groups excluding carboxylic acids is 1. The second-order valence-corrected chi connectivity index (χ2v) is 7.42. The largest absolute Gasteiger partial charge is 0.399 e. The molecule has 1 aliphatic heterocycles. The number of benzene rings is 1. The fourth-order valence-corrected chi connectivity index (χ4v) is 3.89. The summed E-state index contributed by atoms with van der Waals surface area (Å²) in [4.78, 5) is 17.6. The van der Waals surface area contributed by atoms with Gasteiger partial charge in [-0.05, 0) is 49.3 Å². The second-order valence-electron chi connectivity index (χ2n) is 7.42. The van der Waals surface area contributed by atoms with Crippen LogP contribution in [-0.2, 0) is 0 Å². The summed E-state index contributed by atoms with van der Waals surface area (Å²) < 4.78 is 0. The van der Waals surface area contributed by atoms with E-state index in [4.69, 9.17) is 5.73 Å². The molecule has 1 fully saturated rings. The molecule has 24 heavy (non-hydrogen) atoms. The maximum Gasteiger partial charge on any atom is 0.256 e. The monoisotopic (exact) mass is 331 g/mol. The van der Waals surface area contributed by atoms with Crippen LogP contribution in [0.5, 0.6) is 0 Å². The summed E-state index contributed by atoms with van der Waals surface area (Å²) in [6.45, 7) is 12.4. The first-order chi connectivity index (χ1) is 11.5. The Morgan fingerprint density at radius 3 is 2.29 bits per heavy atom. The average Bonchev–Trinajstić information content (AvgIpc) is 2.53. The van der Waals surface area contributed by atoms with E-state index in [1.165, 1.54) is 6.42 Å². The van der Waals surface area contributed by atoms with Crippen molar-refractivity contribution in [3.05, 3.63) is 23.8 Å². The van der Waals surface area contributed by atoms with Gasteiger partial charge >= 0.3 is 0 Å². The highest BCUT2D eigenvalue weighted by molar-refractivity contribution is 6.00. The van der Waals surface area contributed by atoms with Crippen LogP contribution in [0.1, 0.15) is 57.3 Å². The highest BCUT2D eigenvalue weighted by Crippen LogP contribution is 2.28. The molecular formula is C20H33N3O. The number of likely N-dealkylation sites (tertiary alicyclic amines) is 1. The minimum Gasteiger partial charge on any atom is -0.399 e. The zero-order valence-electron chi connectivity index (χ0n) is 15.7. The number of hydrogen-bond acceptors (Lipinski definition) is 3. The van der Waals surface area contributed by atoms with Crippen molar-refractivity contribution in [2.45, 2.75) is 47.0 Å². The molecule has 4 heteroatoms. The smallest absolute Gasteiger partial charge is 0.256 e. The lowest BCUT2D eigenvalue weighted by molar-refractivity contribution is 0.0624. The number of amides is 1. The Hall–Kier alpha value is -1.71. The van der Waals surface area contributed by atoms with Gasteiger partial charge in [-0.3, -0.25) is 4.79 Å². The van der Waals surface area contributed by atoms with Gasteiger partial charge in [0.05, 0.1) is 5.56 Å². The number of piperidine rings is 1. The summed E-state index contributed by atoms with van der Waals surface area (Å²) in [5.41, 5.74) is 8.46. The van der Waals surface area contributed by atoms with Gasteiger partial charge in [0.2, 0.25) is 0 Å². The number of nitrogen functional groups attached to an aromatic ring is 1. The second kappa shape index (κ2) is 8.41. The molecule has 1 amide bonds. The van der Waals surface area contributed by atoms with Crippen LogP contribution < -0.4 is 10.6 Å². The summed E-state index contributed by atoms with van der Waals surface area (Å²) in [7, 11) is 0. The highest BCUT2D eigenvalue weighted by atomic mass is 16.2. The van der Waals surface area contributed by atoms with Gasteiger partial charge in [-0.1, -0.05) is 27.7 Å². The van der Waals surface area contributed by atoms with E-state index in [2.05, 4.69) is 32.6 Å². The Morgan fingerprint density at radius 2 is 1.75 bits per heavy atom. The highest BCUT2D eigenvalue weighted by Gasteiger charge is 2.28. The number of anilines is 2. The Labute approximate surface area is 147 Å². The zero-order chi connectivity index (χ0) is 17.7. The number of nitrogens with zero attached hydrogens (tertiary/aromatic N) is 2. The molecule has 4 nitrogen and oxygen atoms in total. The molecule has 2 atom stereocenters. The number of nitrogens with two attached hydrogens (primary N) is 1. The van der Waals surface area contributed by atoms with E-state index in [1.54, 1.807) is 0 Å². The van der Waals surface area contributed by atoms with Gasteiger partial charge in [0.1, 0.15) is 0 Å². The number of rotatable bonds is 6. The molecule has 0 aromatic heterocycles. The van der Waals surface area contributed by atoms with Crippen LogP contribution in [0.2, 0.25) is 0 Å². The van der Waals surface area contributed by atoms with E-state index in [1.807, 2.05) is 23.1 Å². The standard InChI is InChI=1S/C20H33N3O/c1-5-9-22(10-6-2)19-8-7-17(21)12-18(19)20(24)23-13-15(3)11-16(4)14-23/h7-8,12,15-16H,5-6,9-11,13-14,21H2,1-4H3/t15-,16-/m1/s1. The van der Waals surface area contributed by atoms with Crippen molar-refractivity contribution in [1.29, 1.82) is 0 Å². The molecular weight excluding hydrogens is 298 g/mol. The Kier molecular flexibility index (Phi) is 6.52. The summed E-state index contributed by atoms with van der Waals surface area (Å²) in [5, 5.41) is 0. The van der Waals surface area contributed by atoms with E-state index in [-0.39, 0.29) is 5.91 Å². The van der Waals surface area contributed by atoms with Crippen molar-refractivity contribution < 1.29 is 4.79 Å². The molecule has 1 saturated heterocycles. The first-order valence-corrected chi connectivity index (χ1v) is 9.39. The molecule has 0 radical (unpaired) electrons. The molecule has 1 heterocycles. The van der Waals surface area contributed by atoms with Crippen molar-refractivity contribution in [3.8, 4) is 0 Å². The van der Waals surface area contributed by atoms with Crippen molar-refractivity contribution >= 4 is 17.3 Å². The first kappa shape index (κ1) is 18.6. The third kappa shape index (κ3) is 4.43. The van der Waals surface area contributed by atoms with Crippen molar-refractivity contribution in [2.75, 3.05) is 36.8 Å². The third-order valence-electron chi connectivity index (χ3n) is 4.73.